The topological polar surface area (TPSA) is 112 Å². The molecule has 0 aliphatic carbocycles. The van der Waals surface area contributed by atoms with Crippen molar-refractivity contribution in [2.75, 3.05) is 27.8 Å². The molecule has 0 bridgehead atoms. The fourth-order valence-corrected chi connectivity index (χ4v) is 2.62. The minimum absolute atomic E-state index is 0.0531. The van der Waals surface area contributed by atoms with E-state index in [1.165, 1.54) is 6.26 Å². The predicted molar refractivity (Wildman–Crippen MR) is 120 cm³/mol. The van der Waals surface area contributed by atoms with Gasteiger partial charge in [-0.2, -0.15) is 0 Å². The molecule has 1 aromatic heterocycles. The van der Waals surface area contributed by atoms with Crippen LogP contribution < -0.4 is 21.3 Å². The lowest BCUT2D eigenvalue weighted by atomic mass is 10.2. The van der Waals surface area contributed by atoms with Gasteiger partial charge in [-0.3, -0.25) is 14.4 Å². The Morgan fingerprint density at radius 1 is 0.806 bits per heavy atom. The molecular formula is C23H24N4O4. The Kier molecular flexibility index (Phi) is 7.05. The van der Waals surface area contributed by atoms with Crippen LogP contribution in [0.25, 0.3) is 0 Å². The predicted octanol–water partition coefficient (Wildman–Crippen LogP) is 4.18. The molecule has 1 heterocycles. The lowest BCUT2D eigenvalue weighted by Crippen LogP contribution is -2.22. The first kappa shape index (κ1) is 21.6. The fraction of sp³-hybridized carbons (Fsp3) is 0.174. The fourth-order valence-electron chi connectivity index (χ4n) is 2.62. The highest BCUT2D eigenvalue weighted by molar-refractivity contribution is 6.03. The third-order valence-corrected chi connectivity index (χ3v) is 4.28. The Hall–Kier alpha value is -4.07. The van der Waals surface area contributed by atoms with Crippen LogP contribution in [0.2, 0.25) is 0 Å². The maximum Gasteiger partial charge on any atom is 0.291 e. The molecule has 160 valence electrons. The number of rotatable bonds is 8. The smallest absolute Gasteiger partial charge is 0.291 e. The minimum Gasteiger partial charge on any atom is -0.459 e. The summed E-state index contributed by atoms with van der Waals surface area (Å²) in [6.07, 6.45) is 1.42. The Balaban J connectivity index is 1.49. The summed E-state index contributed by atoms with van der Waals surface area (Å²) in [7, 11) is 0. The molecule has 0 aliphatic rings. The molecule has 31 heavy (non-hydrogen) atoms. The Bertz CT molecular complexity index is 1040. The number of carbonyl (C=O) groups is 3. The van der Waals surface area contributed by atoms with E-state index in [4.69, 9.17) is 4.42 Å². The maximum absolute atomic E-state index is 12.3. The van der Waals surface area contributed by atoms with E-state index < -0.39 is 0 Å². The van der Waals surface area contributed by atoms with Crippen LogP contribution >= 0.6 is 0 Å². The monoisotopic (exact) mass is 420 g/mol. The molecule has 0 aliphatic heterocycles. The summed E-state index contributed by atoms with van der Waals surface area (Å²) in [5, 5.41) is 11.3. The summed E-state index contributed by atoms with van der Waals surface area (Å²) >= 11 is 0. The molecule has 0 saturated heterocycles. The summed E-state index contributed by atoms with van der Waals surface area (Å²) in [6, 6.07) is 17.1. The van der Waals surface area contributed by atoms with Crippen LogP contribution in [-0.2, 0) is 9.59 Å². The van der Waals surface area contributed by atoms with Gasteiger partial charge < -0.3 is 25.7 Å². The van der Waals surface area contributed by atoms with Crippen molar-refractivity contribution in [2.24, 2.45) is 5.92 Å². The first-order valence-electron chi connectivity index (χ1n) is 9.80. The highest BCUT2D eigenvalue weighted by atomic mass is 16.3. The van der Waals surface area contributed by atoms with Crippen LogP contribution in [0.5, 0.6) is 0 Å². The SMILES string of the molecule is CC(C)C(=O)Nc1ccc(NCC(=O)Nc2cccc(NC(=O)c3ccco3)c2)cc1. The van der Waals surface area contributed by atoms with Gasteiger partial charge in [0.15, 0.2) is 5.76 Å². The number of benzene rings is 2. The van der Waals surface area contributed by atoms with Crippen molar-refractivity contribution < 1.29 is 18.8 Å². The molecule has 3 amide bonds. The van der Waals surface area contributed by atoms with Gasteiger partial charge in [0.25, 0.3) is 5.91 Å². The second kappa shape index (κ2) is 10.1. The largest absolute Gasteiger partial charge is 0.459 e. The number of carbonyl (C=O) groups excluding carboxylic acids is 3. The molecule has 2 aromatic carbocycles. The van der Waals surface area contributed by atoms with Crippen molar-refractivity contribution in [3.05, 3.63) is 72.7 Å². The average Bonchev–Trinajstić information content (AvgIpc) is 3.28. The molecule has 0 spiro atoms. The van der Waals surface area contributed by atoms with Gasteiger partial charge in [-0.15, -0.1) is 0 Å². The molecule has 0 atom stereocenters. The van der Waals surface area contributed by atoms with Gasteiger partial charge in [-0.1, -0.05) is 19.9 Å². The van der Waals surface area contributed by atoms with Crippen LogP contribution in [0, 0.1) is 5.92 Å². The Labute approximate surface area is 180 Å². The zero-order valence-electron chi connectivity index (χ0n) is 17.3. The first-order chi connectivity index (χ1) is 14.9. The van der Waals surface area contributed by atoms with Gasteiger partial charge in [0.2, 0.25) is 11.8 Å². The van der Waals surface area contributed by atoms with E-state index in [0.717, 1.165) is 5.69 Å². The van der Waals surface area contributed by atoms with Crippen molar-refractivity contribution in [1.29, 1.82) is 0 Å². The molecule has 8 nitrogen and oxygen atoms in total. The number of anilines is 4. The van der Waals surface area contributed by atoms with Crippen LogP contribution in [0.3, 0.4) is 0 Å². The van der Waals surface area contributed by atoms with E-state index in [2.05, 4.69) is 21.3 Å². The Morgan fingerprint density at radius 2 is 1.48 bits per heavy atom. The van der Waals surface area contributed by atoms with Gasteiger partial charge in [-0.25, -0.2) is 0 Å². The molecular weight excluding hydrogens is 396 g/mol. The lowest BCUT2D eigenvalue weighted by Gasteiger charge is -2.11. The summed E-state index contributed by atoms with van der Waals surface area (Å²) in [4.78, 5) is 36.0. The second-order valence-electron chi connectivity index (χ2n) is 7.14. The van der Waals surface area contributed by atoms with Crippen molar-refractivity contribution in [3.63, 3.8) is 0 Å². The minimum atomic E-state index is -0.372. The number of amides is 3. The van der Waals surface area contributed by atoms with E-state index in [-0.39, 0.29) is 35.9 Å². The number of furan rings is 1. The summed E-state index contributed by atoms with van der Waals surface area (Å²) in [5.74, 6) is -0.565. The zero-order valence-corrected chi connectivity index (χ0v) is 17.3. The van der Waals surface area contributed by atoms with E-state index >= 15 is 0 Å². The zero-order chi connectivity index (χ0) is 22.2. The van der Waals surface area contributed by atoms with Crippen LogP contribution in [0.15, 0.2) is 71.3 Å². The maximum atomic E-state index is 12.3. The van der Waals surface area contributed by atoms with Gasteiger partial charge in [0.1, 0.15) is 0 Å². The molecule has 0 saturated carbocycles. The van der Waals surface area contributed by atoms with Crippen molar-refractivity contribution in [1.82, 2.24) is 0 Å². The van der Waals surface area contributed by atoms with Crippen LogP contribution in [0.1, 0.15) is 24.4 Å². The molecule has 0 fully saturated rings. The summed E-state index contributed by atoms with van der Waals surface area (Å²) in [5.41, 5.74) is 2.53. The standard InChI is InChI=1S/C23H24N4O4/c1-15(2)22(29)26-17-10-8-16(9-11-17)24-14-21(28)25-18-5-3-6-19(13-18)27-23(30)20-7-4-12-31-20/h3-13,15,24H,14H2,1-2H3,(H,25,28)(H,26,29)(H,27,30). The molecule has 0 radical (unpaired) electrons. The van der Waals surface area contributed by atoms with Crippen molar-refractivity contribution in [2.45, 2.75) is 13.8 Å². The normalized spacial score (nSPS) is 10.4. The van der Waals surface area contributed by atoms with E-state index in [9.17, 15) is 14.4 Å². The second-order valence-corrected chi connectivity index (χ2v) is 7.14. The number of nitrogens with one attached hydrogen (secondary N) is 4. The highest BCUT2D eigenvalue weighted by Gasteiger charge is 2.10. The summed E-state index contributed by atoms with van der Waals surface area (Å²) in [6.45, 7) is 3.71. The van der Waals surface area contributed by atoms with Gasteiger partial charge >= 0.3 is 0 Å². The number of hydrogen-bond acceptors (Lipinski definition) is 5. The van der Waals surface area contributed by atoms with Crippen LogP contribution in [0.4, 0.5) is 22.7 Å². The van der Waals surface area contributed by atoms with Crippen LogP contribution in [-0.4, -0.2) is 24.3 Å². The summed E-state index contributed by atoms with van der Waals surface area (Å²) < 4.78 is 5.06. The van der Waals surface area contributed by atoms with Crippen molar-refractivity contribution in [3.8, 4) is 0 Å². The van der Waals surface area contributed by atoms with E-state index in [0.29, 0.717) is 17.1 Å². The molecule has 3 rings (SSSR count). The first-order valence-corrected chi connectivity index (χ1v) is 9.80. The Morgan fingerprint density at radius 3 is 2.13 bits per heavy atom. The highest BCUT2D eigenvalue weighted by Crippen LogP contribution is 2.17. The van der Waals surface area contributed by atoms with Crippen molar-refractivity contribution >= 4 is 40.5 Å². The molecule has 4 N–H and O–H groups in total. The third kappa shape index (κ3) is 6.46. The molecule has 0 unspecified atom stereocenters. The number of hydrogen-bond donors (Lipinski definition) is 4. The van der Waals surface area contributed by atoms with E-state index in [1.54, 1.807) is 60.7 Å². The lowest BCUT2D eigenvalue weighted by molar-refractivity contribution is -0.119. The molecule has 3 aromatic rings. The van der Waals surface area contributed by atoms with Gasteiger partial charge in [-0.05, 0) is 54.6 Å². The molecule has 8 heteroatoms. The van der Waals surface area contributed by atoms with Gasteiger partial charge in [0.05, 0.1) is 12.8 Å². The van der Waals surface area contributed by atoms with Gasteiger partial charge in [0, 0.05) is 28.7 Å². The quantitative estimate of drug-likeness (QED) is 0.437. The average molecular weight is 420 g/mol. The van der Waals surface area contributed by atoms with E-state index in [1.807, 2.05) is 13.8 Å². The third-order valence-electron chi connectivity index (χ3n) is 4.28.